The molecule has 2 heteroatoms. The average Bonchev–Trinajstić information content (AvgIpc) is 3.05. The van der Waals surface area contributed by atoms with Crippen molar-refractivity contribution in [1.82, 2.24) is 4.98 Å². The van der Waals surface area contributed by atoms with Crippen LogP contribution in [0.5, 0.6) is 0 Å². The molecule has 0 bridgehead atoms. The lowest BCUT2D eigenvalue weighted by atomic mass is 9.83. The second kappa shape index (κ2) is 6.42. The maximum absolute atomic E-state index is 6.08. The molecular weight excluding hydrogens is 318 g/mol. The summed E-state index contributed by atoms with van der Waals surface area (Å²) in [5, 5.41) is 5.26. The number of nitrogens with zero attached hydrogens (tertiary/aromatic N) is 1. The molecular formula is C24H27NO. The van der Waals surface area contributed by atoms with E-state index < -0.39 is 0 Å². The van der Waals surface area contributed by atoms with Crippen molar-refractivity contribution < 1.29 is 4.42 Å². The van der Waals surface area contributed by atoms with Crippen LogP contribution >= 0.6 is 0 Å². The summed E-state index contributed by atoms with van der Waals surface area (Å²) < 4.78 is 6.08. The van der Waals surface area contributed by atoms with Crippen LogP contribution in [-0.2, 0) is 25.7 Å². The van der Waals surface area contributed by atoms with Gasteiger partial charge in [-0.15, -0.1) is 0 Å². The van der Waals surface area contributed by atoms with Crippen molar-refractivity contribution in [2.24, 2.45) is 0 Å². The highest BCUT2D eigenvalue weighted by atomic mass is 16.3. The Balaban J connectivity index is 2.35. The minimum absolute atomic E-state index is 0.735. The molecule has 134 valence electrons. The van der Waals surface area contributed by atoms with Gasteiger partial charge in [0.2, 0.25) is 0 Å². The van der Waals surface area contributed by atoms with Gasteiger partial charge in [-0.25, -0.2) is 4.98 Å². The molecule has 0 N–H and O–H groups in total. The topological polar surface area (TPSA) is 26.0 Å². The van der Waals surface area contributed by atoms with Gasteiger partial charge in [0.15, 0.2) is 11.5 Å². The molecule has 0 spiro atoms. The Kier molecular flexibility index (Phi) is 4.22. The Morgan fingerprint density at radius 1 is 0.731 bits per heavy atom. The lowest BCUT2D eigenvalue weighted by Crippen LogP contribution is -2.05. The van der Waals surface area contributed by atoms with Crippen LogP contribution in [0.15, 0.2) is 28.7 Å². The highest BCUT2D eigenvalue weighted by molar-refractivity contribution is 6.19. The van der Waals surface area contributed by atoms with E-state index in [-0.39, 0.29) is 0 Å². The van der Waals surface area contributed by atoms with Gasteiger partial charge in [0.05, 0.1) is 0 Å². The highest BCUT2D eigenvalue weighted by Gasteiger charge is 2.19. The summed E-state index contributed by atoms with van der Waals surface area (Å²) in [6, 6.07) is 8.83. The summed E-state index contributed by atoms with van der Waals surface area (Å²) in [6.07, 6.45) is 4.28. The quantitative estimate of drug-likeness (QED) is 0.385. The molecule has 2 nitrogen and oxygen atoms in total. The van der Waals surface area contributed by atoms with E-state index in [4.69, 9.17) is 4.42 Å². The molecule has 0 radical (unpaired) electrons. The molecule has 3 aromatic carbocycles. The van der Waals surface area contributed by atoms with E-state index in [1.165, 1.54) is 32.7 Å². The number of hydrogen-bond donors (Lipinski definition) is 0. The predicted octanol–water partition coefficient (Wildman–Crippen LogP) is 6.69. The van der Waals surface area contributed by atoms with Gasteiger partial charge in [-0.05, 0) is 70.2 Å². The van der Waals surface area contributed by atoms with Crippen LogP contribution in [0, 0.1) is 6.92 Å². The Morgan fingerprint density at radius 3 is 2.00 bits per heavy atom. The maximum Gasteiger partial charge on any atom is 0.192 e. The first kappa shape index (κ1) is 17.1. The Bertz CT molecular complexity index is 1130. The minimum atomic E-state index is 0.735. The van der Waals surface area contributed by atoms with Crippen LogP contribution in [0.2, 0.25) is 0 Å². The monoisotopic (exact) mass is 345 g/mol. The molecule has 0 aliphatic rings. The van der Waals surface area contributed by atoms with E-state index in [0.717, 1.165) is 42.7 Å². The lowest BCUT2D eigenvalue weighted by Gasteiger charge is -2.21. The summed E-state index contributed by atoms with van der Waals surface area (Å²) in [5.74, 6) is 0.735. The Morgan fingerprint density at radius 2 is 1.35 bits per heavy atom. The van der Waals surface area contributed by atoms with Gasteiger partial charge >= 0.3 is 0 Å². The molecule has 4 aromatic rings. The van der Waals surface area contributed by atoms with Crippen LogP contribution in [0.25, 0.3) is 32.6 Å². The highest BCUT2D eigenvalue weighted by Crippen LogP contribution is 2.39. The van der Waals surface area contributed by atoms with E-state index in [0.29, 0.717) is 0 Å². The zero-order valence-electron chi connectivity index (χ0n) is 16.5. The number of rotatable bonds is 4. The van der Waals surface area contributed by atoms with Gasteiger partial charge in [0.25, 0.3) is 0 Å². The largest absolute Gasteiger partial charge is 0.440 e. The van der Waals surface area contributed by atoms with E-state index in [2.05, 4.69) is 56.9 Å². The molecule has 0 aliphatic carbocycles. The third-order valence-electron chi connectivity index (χ3n) is 5.78. The SMILES string of the molecule is CCc1c(CC)c(CC)c2c(ccc3ccc4nc(C)oc4c32)c1CC. The summed E-state index contributed by atoms with van der Waals surface area (Å²) in [6.45, 7) is 11.1. The third kappa shape index (κ3) is 2.28. The zero-order chi connectivity index (χ0) is 18.4. The molecule has 0 amide bonds. The normalized spacial score (nSPS) is 11.9. The van der Waals surface area contributed by atoms with Gasteiger partial charge in [-0.2, -0.15) is 0 Å². The first-order valence-electron chi connectivity index (χ1n) is 9.92. The number of hydrogen-bond acceptors (Lipinski definition) is 2. The molecule has 0 atom stereocenters. The molecule has 0 saturated heterocycles. The van der Waals surface area contributed by atoms with Crippen molar-refractivity contribution in [3.63, 3.8) is 0 Å². The number of fused-ring (bicyclic) bond motifs is 5. The van der Waals surface area contributed by atoms with Crippen molar-refractivity contribution in [3.8, 4) is 0 Å². The average molecular weight is 345 g/mol. The van der Waals surface area contributed by atoms with E-state index >= 15 is 0 Å². The van der Waals surface area contributed by atoms with E-state index in [9.17, 15) is 0 Å². The molecule has 0 unspecified atom stereocenters. The number of oxazole rings is 1. The predicted molar refractivity (Wildman–Crippen MR) is 111 cm³/mol. The van der Waals surface area contributed by atoms with Crippen molar-refractivity contribution in [2.75, 3.05) is 0 Å². The Hall–Kier alpha value is -2.35. The van der Waals surface area contributed by atoms with Gasteiger partial charge in [0, 0.05) is 12.3 Å². The van der Waals surface area contributed by atoms with Crippen LogP contribution in [0.1, 0.15) is 55.8 Å². The third-order valence-corrected chi connectivity index (χ3v) is 5.78. The maximum atomic E-state index is 6.08. The molecule has 0 fully saturated rings. The van der Waals surface area contributed by atoms with Crippen molar-refractivity contribution in [1.29, 1.82) is 0 Å². The first-order chi connectivity index (χ1) is 12.6. The van der Waals surface area contributed by atoms with Gasteiger partial charge in [-0.1, -0.05) is 45.9 Å². The number of aryl methyl sites for hydroxylation is 3. The number of aromatic nitrogens is 1. The van der Waals surface area contributed by atoms with Crippen LogP contribution in [-0.4, -0.2) is 4.98 Å². The Labute approximate surface area is 155 Å². The molecule has 0 saturated carbocycles. The lowest BCUT2D eigenvalue weighted by molar-refractivity contribution is 0.564. The summed E-state index contributed by atoms with van der Waals surface area (Å²) >= 11 is 0. The van der Waals surface area contributed by atoms with Crippen molar-refractivity contribution in [2.45, 2.75) is 60.3 Å². The van der Waals surface area contributed by atoms with Crippen LogP contribution in [0.4, 0.5) is 0 Å². The molecule has 4 rings (SSSR count). The van der Waals surface area contributed by atoms with E-state index in [1.54, 1.807) is 11.1 Å². The second-order valence-corrected chi connectivity index (χ2v) is 7.06. The summed E-state index contributed by atoms with van der Waals surface area (Å²) in [5.41, 5.74) is 7.99. The first-order valence-corrected chi connectivity index (χ1v) is 9.92. The van der Waals surface area contributed by atoms with Crippen molar-refractivity contribution >= 4 is 32.6 Å². The number of benzene rings is 3. The molecule has 1 heterocycles. The van der Waals surface area contributed by atoms with Crippen molar-refractivity contribution in [3.05, 3.63) is 52.4 Å². The molecule has 26 heavy (non-hydrogen) atoms. The second-order valence-electron chi connectivity index (χ2n) is 7.06. The minimum Gasteiger partial charge on any atom is -0.440 e. The molecule has 1 aromatic heterocycles. The van der Waals surface area contributed by atoms with Crippen LogP contribution < -0.4 is 0 Å². The standard InChI is InChI=1S/C24H27NO/c1-6-16-17(7-2)19(9-4)23-20(18(16)8-3)12-10-15-11-13-21-24(22(15)23)26-14(5)25-21/h10-13H,6-9H2,1-5H3. The summed E-state index contributed by atoms with van der Waals surface area (Å²) in [7, 11) is 0. The van der Waals surface area contributed by atoms with Crippen LogP contribution in [0.3, 0.4) is 0 Å². The fraction of sp³-hybridized carbons (Fsp3) is 0.375. The fourth-order valence-corrected chi connectivity index (χ4v) is 4.80. The van der Waals surface area contributed by atoms with Gasteiger partial charge in [-0.3, -0.25) is 0 Å². The molecule has 0 aliphatic heterocycles. The fourth-order valence-electron chi connectivity index (χ4n) is 4.80. The summed E-state index contributed by atoms with van der Waals surface area (Å²) in [4.78, 5) is 4.58. The zero-order valence-corrected chi connectivity index (χ0v) is 16.5. The van der Waals surface area contributed by atoms with E-state index in [1.807, 2.05) is 6.92 Å². The van der Waals surface area contributed by atoms with Gasteiger partial charge < -0.3 is 4.42 Å². The van der Waals surface area contributed by atoms with Gasteiger partial charge in [0.1, 0.15) is 5.52 Å². The smallest absolute Gasteiger partial charge is 0.192 e.